The van der Waals surface area contributed by atoms with Crippen LogP contribution in [0.1, 0.15) is 22.3 Å². The molecule has 0 saturated carbocycles. The monoisotopic (exact) mass is 628 g/mol. The summed E-state index contributed by atoms with van der Waals surface area (Å²) in [7, 11) is 0. The Kier molecular flexibility index (Phi) is 6.70. The second-order valence-electron chi connectivity index (χ2n) is 12.8. The fourth-order valence-corrected chi connectivity index (χ4v) is 7.85. The van der Waals surface area contributed by atoms with Gasteiger partial charge in [-0.25, -0.2) is 0 Å². The van der Waals surface area contributed by atoms with Gasteiger partial charge in [0.2, 0.25) is 0 Å². The third-order valence-electron chi connectivity index (χ3n) is 10.2. The van der Waals surface area contributed by atoms with Crippen LogP contribution in [0.3, 0.4) is 0 Å². The highest BCUT2D eigenvalue weighted by molar-refractivity contribution is 5.92. The predicted molar refractivity (Wildman–Crippen MR) is 201 cm³/mol. The van der Waals surface area contributed by atoms with Gasteiger partial charge in [0.15, 0.2) is 0 Å². The van der Waals surface area contributed by atoms with Crippen molar-refractivity contribution in [2.45, 2.75) is 5.41 Å². The highest BCUT2D eigenvalue weighted by Crippen LogP contribution is 2.58. The van der Waals surface area contributed by atoms with E-state index in [-0.39, 0.29) is 11.5 Å². The molecule has 0 atom stereocenters. The lowest BCUT2D eigenvalue weighted by atomic mass is 9.66. The van der Waals surface area contributed by atoms with Gasteiger partial charge in [0.05, 0.1) is 5.41 Å². The van der Waals surface area contributed by atoms with Crippen molar-refractivity contribution in [1.82, 2.24) is 0 Å². The molecule has 0 radical (unpaired) electrons. The number of benzene rings is 8. The fraction of sp³-hybridized carbons (Fsp3) is 0.0213. The van der Waals surface area contributed by atoms with Crippen molar-refractivity contribution in [2.24, 2.45) is 0 Å². The Balaban J connectivity index is 1.37. The number of aromatic hydroxyl groups is 2. The van der Waals surface area contributed by atoms with Gasteiger partial charge in [-0.05, 0) is 103 Å². The van der Waals surface area contributed by atoms with Crippen molar-refractivity contribution in [1.29, 1.82) is 0 Å². The summed E-state index contributed by atoms with van der Waals surface area (Å²) in [6.07, 6.45) is 0. The van der Waals surface area contributed by atoms with Gasteiger partial charge in [-0.3, -0.25) is 0 Å². The summed E-state index contributed by atoms with van der Waals surface area (Å²) in [4.78, 5) is 0. The largest absolute Gasteiger partial charge is 0.507 e. The summed E-state index contributed by atoms with van der Waals surface area (Å²) < 4.78 is 0. The SMILES string of the molecule is Oc1ccc(C2(c3ccc(O)c(-c4ccccc4)c3)c3ccccc3-c3ccc(-c4ccc5ccccc5c4)cc32)cc1-c1ccccc1. The molecule has 49 heavy (non-hydrogen) atoms. The van der Waals surface area contributed by atoms with Crippen molar-refractivity contribution in [3.63, 3.8) is 0 Å². The predicted octanol–water partition coefficient (Wildman–Crippen LogP) is 11.6. The van der Waals surface area contributed by atoms with Gasteiger partial charge in [-0.2, -0.15) is 0 Å². The first-order valence-corrected chi connectivity index (χ1v) is 16.6. The standard InChI is InChI=1S/C47H32O2/c48-45-25-22-37(29-41(45)32-12-3-1-4-13-32)47(38-23-26-46(49)42(30-38)33-14-5-2-6-15-33)43-18-10-9-17-39(43)40-24-21-36(28-44(40)47)35-20-19-31-11-7-8-16-34(31)27-35/h1-30,48-49H. The zero-order chi connectivity index (χ0) is 33.0. The lowest BCUT2D eigenvalue weighted by Crippen LogP contribution is -2.28. The normalized spacial score (nSPS) is 12.8. The molecular weight excluding hydrogens is 597 g/mol. The molecule has 0 heterocycles. The van der Waals surface area contributed by atoms with Crippen molar-refractivity contribution in [3.8, 4) is 56.0 Å². The first-order valence-electron chi connectivity index (χ1n) is 16.6. The third-order valence-corrected chi connectivity index (χ3v) is 10.2. The molecule has 1 aliphatic carbocycles. The molecule has 8 aromatic carbocycles. The van der Waals surface area contributed by atoms with Crippen LogP contribution in [0, 0.1) is 0 Å². The number of fused-ring (bicyclic) bond motifs is 4. The Labute approximate surface area is 285 Å². The van der Waals surface area contributed by atoms with Crippen LogP contribution in [0.5, 0.6) is 11.5 Å². The fourth-order valence-electron chi connectivity index (χ4n) is 7.85. The highest BCUT2D eigenvalue weighted by Gasteiger charge is 2.46. The summed E-state index contributed by atoms with van der Waals surface area (Å²) >= 11 is 0. The van der Waals surface area contributed by atoms with Crippen LogP contribution in [0.25, 0.3) is 55.3 Å². The van der Waals surface area contributed by atoms with E-state index in [1.807, 2.05) is 72.8 Å². The van der Waals surface area contributed by atoms with Gasteiger partial charge in [-0.1, -0.05) is 146 Å². The van der Waals surface area contributed by atoms with Gasteiger partial charge in [0.1, 0.15) is 11.5 Å². The molecule has 0 bridgehead atoms. The van der Waals surface area contributed by atoms with E-state index in [1.54, 1.807) is 0 Å². The zero-order valence-electron chi connectivity index (χ0n) is 26.7. The summed E-state index contributed by atoms with van der Waals surface area (Å²) in [6, 6.07) is 62.8. The molecule has 9 rings (SSSR count). The van der Waals surface area contributed by atoms with Gasteiger partial charge in [-0.15, -0.1) is 0 Å². The molecule has 0 aliphatic heterocycles. The van der Waals surface area contributed by atoms with E-state index in [2.05, 4.69) is 109 Å². The Hall–Kier alpha value is -6.38. The first-order chi connectivity index (χ1) is 24.1. The Morgan fingerprint density at radius 3 is 1.47 bits per heavy atom. The van der Waals surface area contributed by atoms with E-state index in [4.69, 9.17) is 0 Å². The van der Waals surface area contributed by atoms with Gasteiger partial charge in [0.25, 0.3) is 0 Å². The molecule has 0 aromatic heterocycles. The minimum atomic E-state index is -0.757. The van der Waals surface area contributed by atoms with Crippen molar-refractivity contribution >= 4 is 10.8 Å². The topological polar surface area (TPSA) is 40.5 Å². The smallest absolute Gasteiger partial charge is 0.123 e. The van der Waals surface area contributed by atoms with Gasteiger partial charge < -0.3 is 10.2 Å². The van der Waals surface area contributed by atoms with Crippen molar-refractivity contribution < 1.29 is 10.2 Å². The molecule has 2 heteroatoms. The maximum Gasteiger partial charge on any atom is 0.123 e. The molecule has 232 valence electrons. The van der Waals surface area contributed by atoms with Gasteiger partial charge >= 0.3 is 0 Å². The van der Waals surface area contributed by atoms with Crippen LogP contribution >= 0.6 is 0 Å². The highest BCUT2D eigenvalue weighted by atomic mass is 16.3. The number of hydrogen-bond donors (Lipinski definition) is 2. The van der Waals surface area contributed by atoms with Crippen LogP contribution in [0.15, 0.2) is 182 Å². The molecule has 0 fully saturated rings. The average Bonchev–Trinajstić information content (AvgIpc) is 3.46. The minimum Gasteiger partial charge on any atom is -0.507 e. The van der Waals surface area contributed by atoms with E-state index >= 15 is 0 Å². The summed E-state index contributed by atoms with van der Waals surface area (Å²) in [6.45, 7) is 0. The molecule has 8 aromatic rings. The lowest BCUT2D eigenvalue weighted by Gasteiger charge is -2.35. The second-order valence-corrected chi connectivity index (χ2v) is 12.8. The number of phenols is 2. The Morgan fingerprint density at radius 1 is 0.306 bits per heavy atom. The Bertz CT molecular complexity index is 2420. The van der Waals surface area contributed by atoms with E-state index in [0.29, 0.717) is 0 Å². The maximum absolute atomic E-state index is 11.3. The zero-order valence-corrected chi connectivity index (χ0v) is 26.7. The van der Waals surface area contributed by atoms with Crippen LogP contribution in [0.2, 0.25) is 0 Å². The average molecular weight is 629 g/mol. The van der Waals surface area contributed by atoms with Crippen LogP contribution in [-0.2, 0) is 5.41 Å². The minimum absolute atomic E-state index is 0.234. The van der Waals surface area contributed by atoms with E-state index in [0.717, 1.165) is 55.6 Å². The molecule has 0 amide bonds. The van der Waals surface area contributed by atoms with E-state index < -0.39 is 5.41 Å². The summed E-state index contributed by atoms with van der Waals surface area (Å²) in [5, 5.41) is 24.9. The second kappa shape index (κ2) is 11.4. The molecule has 2 nitrogen and oxygen atoms in total. The lowest BCUT2D eigenvalue weighted by molar-refractivity contribution is 0.477. The van der Waals surface area contributed by atoms with Gasteiger partial charge in [0, 0.05) is 11.1 Å². The summed E-state index contributed by atoms with van der Waals surface area (Å²) in [5.41, 5.74) is 11.7. The summed E-state index contributed by atoms with van der Waals surface area (Å²) in [5.74, 6) is 0.467. The molecule has 1 aliphatic rings. The number of rotatable bonds is 5. The van der Waals surface area contributed by atoms with E-state index in [1.165, 1.54) is 21.9 Å². The van der Waals surface area contributed by atoms with Crippen LogP contribution < -0.4 is 0 Å². The van der Waals surface area contributed by atoms with E-state index in [9.17, 15) is 10.2 Å². The quantitative estimate of drug-likeness (QED) is 0.199. The number of hydrogen-bond acceptors (Lipinski definition) is 2. The molecule has 0 saturated heterocycles. The first kappa shape index (κ1) is 28.8. The molecule has 2 N–H and O–H groups in total. The van der Waals surface area contributed by atoms with Crippen LogP contribution in [0.4, 0.5) is 0 Å². The van der Waals surface area contributed by atoms with Crippen LogP contribution in [-0.4, -0.2) is 10.2 Å². The maximum atomic E-state index is 11.3. The van der Waals surface area contributed by atoms with Crippen molar-refractivity contribution in [2.75, 3.05) is 0 Å². The van der Waals surface area contributed by atoms with Crippen molar-refractivity contribution in [3.05, 3.63) is 204 Å². The molecule has 0 spiro atoms. The molecular formula is C47H32O2. The molecule has 0 unspecified atom stereocenters. The number of phenolic OH excluding ortho intramolecular Hbond substituents is 2. The third kappa shape index (κ3) is 4.57. The Morgan fingerprint density at radius 2 is 0.816 bits per heavy atom.